The molecule has 0 heterocycles. The number of fused-ring (bicyclic) bond motifs is 2. The molecule has 4 rings (SSSR count). The molecule has 32 heavy (non-hydrogen) atoms. The Labute approximate surface area is 212 Å². The zero-order valence-electron chi connectivity index (χ0n) is 19.7. The number of hydrogen-bond donors (Lipinski definition) is 0. The van der Waals surface area contributed by atoms with Gasteiger partial charge in [-0.25, -0.2) is 0 Å². The zero-order chi connectivity index (χ0) is 23.5. The van der Waals surface area contributed by atoms with Crippen LogP contribution in [0.25, 0.3) is 21.5 Å². The molecule has 4 aromatic carbocycles. The molecule has 0 nitrogen and oxygen atoms in total. The average molecular weight is 577 g/mol. The zero-order valence-corrected chi connectivity index (χ0v) is 25.7. The van der Waals surface area contributed by atoms with Gasteiger partial charge in [-0.3, -0.25) is 0 Å². The second-order valence-corrected chi connectivity index (χ2v) is 22.2. The first-order valence-electron chi connectivity index (χ1n) is 11.5. The number of halogens is 2. The topological polar surface area (TPSA) is 0 Å². The van der Waals surface area contributed by atoms with Crippen LogP contribution in [0, 0.1) is 0 Å². The van der Waals surface area contributed by atoms with E-state index in [-0.39, 0.29) is 17.6 Å². The summed E-state index contributed by atoms with van der Waals surface area (Å²) in [5.74, 6) is 0. The van der Waals surface area contributed by atoms with Crippen LogP contribution in [-0.4, -0.2) is 21.8 Å². The van der Waals surface area contributed by atoms with Crippen molar-refractivity contribution in [2.45, 2.75) is 51.9 Å². The molecule has 0 atom stereocenters. The van der Waals surface area contributed by atoms with E-state index in [1.165, 1.54) is 45.7 Å². The molecule has 0 amide bonds. The number of hydrogen-bond acceptors (Lipinski definition) is 0. The fourth-order valence-corrected chi connectivity index (χ4v) is 8.56. The third kappa shape index (κ3) is 7.74. The fourth-order valence-electron chi connectivity index (χ4n) is 4.18. The number of rotatable bonds is 6. The van der Waals surface area contributed by atoms with Crippen molar-refractivity contribution in [2.24, 2.45) is 0 Å². The average Bonchev–Trinajstić information content (AvgIpc) is 3.41. The van der Waals surface area contributed by atoms with Gasteiger partial charge >= 0.3 is 40.1 Å². The maximum absolute atomic E-state index is 5.13. The fraction of sp³-hybridized carbons (Fsp3) is 0.296. The summed E-state index contributed by atoms with van der Waals surface area (Å²) < 4.78 is 3.37. The molecule has 0 unspecified atom stereocenters. The van der Waals surface area contributed by atoms with Gasteiger partial charge in [-0.1, -0.05) is 64.0 Å². The predicted molar refractivity (Wildman–Crippen MR) is 151 cm³/mol. The van der Waals surface area contributed by atoms with E-state index in [9.17, 15) is 0 Å². The van der Waals surface area contributed by atoms with Crippen molar-refractivity contribution < 1.29 is 18.9 Å². The van der Waals surface area contributed by atoms with Crippen molar-refractivity contribution in [3.63, 3.8) is 0 Å². The Balaban J connectivity index is 0.000000195. The molecular formula is C27H34Cl2Si2Zr-2. The van der Waals surface area contributed by atoms with E-state index in [2.05, 4.69) is 105 Å². The minimum absolute atomic E-state index is 0.283. The van der Waals surface area contributed by atoms with Crippen LogP contribution in [0.4, 0.5) is 0 Å². The molecule has 0 aliphatic heterocycles. The molecule has 0 saturated heterocycles. The van der Waals surface area contributed by atoms with E-state index >= 15 is 0 Å². The Kier molecular flexibility index (Phi) is 12.7. The SMILES string of the molecule is CC[Si](CC)c1c[cH-]c2ccccc12.CC[Si](CC)c1c[cH-]c2ccccc12.[CH2]=[Zr]([Cl])[Cl]. The molecule has 0 bridgehead atoms. The van der Waals surface area contributed by atoms with Crippen molar-refractivity contribution in [1.82, 2.24) is 0 Å². The molecule has 0 fully saturated rings. The van der Waals surface area contributed by atoms with Crippen LogP contribution in [0.5, 0.6) is 0 Å². The third-order valence-electron chi connectivity index (χ3n) is 5.83. The van der Waals surface area contributed by atoms with E-state index < -0.39 is 18.9 Å². The molecule has 0 N–H and O–H groups in total. The number of benzene rings is 2. The summed E-state index contributed by atoms with van der Waals surface area (Å²) in [5.41, 5.74) is 0. The van der Waals surface area contributed by atoms with Gasteiger partial charge in [-0.15, -0.1) is 59.3 Å². The van der Waals surface area contributed by atoms with Crippen LogP contribution in [0.3, 0.4) is 0 Å². The van der Waals surface area contributed by atoms with E-state index in [1.54, 1.807) is 10.4 Å². The van der Waals surface area contributed by atoms with Gasteiger partial charge in [0, 0.05) is 17.6 Å². The Morgan fingerprint density at radius 3 is 1.31 bits per heavy atom. The first-order valence-corrected chi connectivity index (χ1v) is 23.3. The summed E-state index contributed by atoms with van der Waals surface area (Å²) in [4.78, 5) is 0. The van der Waals surface area contributed by atoms with Gasteiger partial charge in [0.2, 0.25) is 0 Å². The molecule has 0 aliphatic rings. The van der Waals surface area contributed by atoms with Gasteiger partial charge in [-0.05, 0) is 0 Å². The van der Waals surface area contributed by atoms with Crippen LogP contribution in [-0.2, 0) is 18.9 Å². The van der Waals surface area contributed by atoms with Crippen LogP contribution in [0.15, 0.2) is 72.8 Å². The van der Waals surface area contributed by atoms with E-state index in [4.69, 9.17) is 17.0 Å². The Morgan fingerprint density at radius 2 is 1.00 bits per heavy atom. The summed E-state index contributed by atoms with van der Waals surface area (Å²) in [6.07, 6.45) is 0. The molecule has 2 radical (unpaired) electrons. The molecule has 4 aromatic rings. The summed E-state index contributed by atoms with van der Waals surface area (Å²) in [7, 11) is 9.69. The van der Waals surface area contributed by atoms with Crippen molar-refractivity contribution in [3.8, 4) is 0 Å². The van der Waals surface area contributed by atoms with Gasteiger partial charge in [0.15, 0.2) is 0 Å². The van der Waals surface area contributed by atoms with E-state index in [0.29, 0.717) is 0 Å². The molecule has 170 valence electrons. The van der Waals surface area contributed by atoms with E-state index in [1.807, 2.05) is 0 Å². The van der Waals surface area contributed by atoms with Crippen molar-refractivity contribution >= 4 is 70.7 Å². The van der Waals surface area contributed by atoms with Crippen LogP contribution in [0.2, 0.25) is 24.2 Å². The van der Waals surface area contributed by atoms with Crippen LogP contribution < -0.4 is 10.4 Å². The third-order valence-corrected chi connectivity index (χ3v) is 11.6. The van der Waals surface area contributed by atoms with E-state index in [0.717, 1.165) is 0 Å². The molecule has 0 saturated carbocycles. The summed E-state index contributed by atoms with van der Waals surface area (Å²) in [6, 6.07) is 32.1. The van der Waals surface area contributed by atoms with Crippen LogP contribution in [0.1, 0.15) is 27.7 Å². The van der Waals surface area contributed by atoms with Crippen molar-refractivity contribution in [2.75, 3.05) is 0 Å². The van der Waals surface area contributed by atoms with Crippen molar-refractivity contribution in [1.29, 1.82) is 0 Å². The Morgan fingerprint density at radius 1 is 0.688 bits per heavy atom. The van der Waals surface area contributed by atoms with Gasteiger partial charge in [0.25, 0.3) is 0 Å². The molecule has 0 aliphatic carbocycles. The first kappa shape index (κ1) is 27.7. The molecule has 5 heteroatoms. The van der Waals surface area contributed by atoms with Crippen LogP contribution >= 0.6 is 17.0 Å². The second kappa shape index (κ2) is 14.6. The first-order chi connectivity index (χ1) is 15.5. The quantitative estimate of drug-likeness (QED) is 0.161. The summed E-state index contributed by atoms with van der Waals surface area (Å²) in [5, 5.41) is 9.07. The Bertz CT molecular complexity index is 1010. The molecular weight excluding hydrogens is 543 g/mol. The van der Waals surface area contributed by atoms with Gasteiger partial charge < -0.3 is 0 Å². The van der Waals surface area contributed by atoms with Gasteiger partial charge in [0.05, 0.1) is 0 Å². The van der Waals surface area contributed by atoms with Gasteiger partial charge in [0.1, 0.15) is 0 Å². The van der Waals surface area contributed by atoms with Crippen molar-refractivity contribution in [3.05, 3.63) is 72.8 Å². The predicted octanol–water partition coefficient (Wildman–Crippen LogP) is 7.94. The Hall–Kier alpha value is -0.573. The standard InChI is InChI=1S/2C13H16Si.CH2.2ClH.Zr/c2*1-3-14(4-2)13-10-9-11-7-5-6-8-12(11)13;;;;/h2*5-10H,3-4H2,1-2H3;1H2;2*1H;/q2*-1;;;;+2/p-2. The van der Waals surface area contributed by atoms with Gasteiger partial charge in [-0.2, -0.15) is 33.3 Å². The minimum atomic E-state index is -1.85. The maximum atomic E-state index is 5.13. The molecule has 0 aromatic heterocycles. The summed E-state index contributed by atoms with van der Waals surface area (Å²) in [6.45, 7) is 9.28. The second-order valence-electron chi connectivity index (χ2n) is 7.63. The normalized spacial score (nSPS) is 10.8. The molecule has 0 spiro atoms. The summed E-state index contributed by atoms with van der Waals surface area (Å²) >= 11 is -1.85. The monoisotopic (exact) mass is 574 g/mol.